The van der Waals surface area contributed by atoms with Crippen LogP contribution in [0.3, 0.4) is 0 Å². The molecule has 2 aromatic rings. The third-order valence-corrected chi connectivity index (χ3v) is 3.27. The Labute approximate surface area is 148 Å². The zero-order valence-corrected chi connectivity index (χ0v) is 14.5. The summed E-state index contributed by atoms with van der Waals surface area (Å²) in [6.07, 6.45) is 2.64. The average molecular weight is 340 g/mol. The topological polar surface area (TPSA) is 59.6 Å². The second-order valence-electron chi connectivity index (χ2n) is 5.40. The molecule has 0 bridgehead atoms. The fourth-order valence-corrected chi connectivity index (χ4v) is 2.09. The predicted octanol–water partition coefficient (Wildman–Crippen LogP) is 4.09. The molecule has 2 rings (SSSR count). The highest BCUT2D eigenvalue weighted by molar-refractivity contribution is 5.93. The minimum Gasteiger partial charge on any atom is -0.494 e. The van der Waals surface area contributed by atoms with Crippen molar-refractivity contribution in [1.82, 2.24) is 0 Å². The van der Waals surface area contributed by atoms with Crippen LogP contribution in [-0.4, -0.2) is 25.7 Å². The van der Waals surface area contributed by atoms with Crippen molar-refractivity contribution >= 4 is 17.3 Å². The van der Waals surface area contributed by atoms with Gasteiger partial charge in [0, 0.05) is 17.4 Å². The molecule has 1 amide bonds. The van der Waals surface area contributed by atoms with Gasteiger partial charge in [-0.2, -0.15) is 0 Å². The van der Waals surface area contributed by atoms with E-state index in [9.17, 15) is 4.79 Å². The van der Waals surface area contributed by atoms with Gasteiger partial charge in [0.05, 0.1) is 13.2 Å². The molecule has 0 radical (unpaired) electrons. The fourth-order valence-electron chi connectivity index (χ4n) is 2.09. The second kappa shape index (κ2) is 10.0. The summed E-state index contributed by atoms with van der Waals surface area (Å²) in [5.74, 6) is 1.40. The van der Waals surface area contributed by atoms with Crippen LogP contribution in [0.4, 0.5) is 11.4 Å². The Morgan fingerprint density at radius 3 is 2.60 bits per heavy atom. The van der Waals surface area contributed by atoms with E-state index in [1.807, 2.05) is 24.3 Å². The lowest BCUT2D eigenvalue weighted by atomic mass is 10.3. The van der Waals surface area contributed by atoms with E-state index in [1.165, 1.54) is 0 Å². The Kier molecular flexibility index (Phi) is 7.38. The van der Waals surface area contributed by atoms with Crippen LogP contribution in [0.1, 0.15) is 13.3 Å². The number of benzene rings is 2. The number of amides is 1. The van der Waals surface area contributed by atoms with E-state index in [0.29, 0.717) is 13.2 Å². The van der Waals surface area contributed by atoms with Crippen molar-refractivity contribution < 1.29 is 14.3 Å². The van der Waals surface area contributed by atoms with E-state index in [0.717, 1.165) is 29.3 Å². The zero-order chi connectivity index (χ0) is 17.9. The van der Waals surface area contributed by atoms with E-state index in [2.05, 4.69) is 24.1 Å². The average Bonchev–Trinajstić information content (AvgIpc) is 2.64. The highest BCUT2D eigenvalue weighted by atomic mass is 16.5. The molecule has 5 heteroatoms. The SMILES string of the molecule is C=CCOc1ccc(NC(=O)CNc2cccc(OCCC)c2)cc1. The quantitative estimate of drug-likeness (QED) is 0.640. The summed E-state index contributed by atoms with van der Waals surface area (Å²) in [5, 5.41) is 5.93. The van der Waals surface area contributed by atoms with Crippen LogP contribution in [0.2, 0.25) is 0 Å². The minimum absolute atomic E-state index is 0.125. The molecule has 25 heavy (non-hydrogen) atoms. The van der Waals surface area contributed by atoms with Crippen LogP contribution < -0.4 is 20.1 Å². The number of hydrogen-bond donors (Lipinski definition) is 2. The predicted molar refractivity (Wildman–Crippen MR) is 101 cm³/mol. The first-order valence-corrected chi connectivity index (χ1v) is 8.31. The lowest BCUT2D eigenvalue weighted by molar-refractivity contribution is -0.114. The van der Waals surface area contributed by atoms with E-state index >= 15 is 0 Å². The second-order valence-corrected chi connectivity index (χ2v) is 5.40. The van der Waals surface area contributed by atoms with Crippen molar-refractivity contribution in [2.24, 2.45) is 0 Å². The van der Waals surface area contributed by atoms with Crippen molar-refractivity contribution in [3.63, 3.8) is 0 Å². The number of carbonyl (C=O) groups excluding carboxylic acids is 1. The van der Waals surface area contributed by atoms with Gasteiger partial charge in [-0.05, 0) is 42.8 Å². The first kappa shape index (κ1) is 18.4. The fraction of sp³-hybridized carbons (Fsp3) is 0.250. The molecule has 2 N–H and O–H groups in total. The van der Waals surface area contributed by atoms with Gasteiger partial charge in [-0.3, -0.25) is 4.79 Å². The van der Waals surface area contributed by atoms with Gasteiger partial charge in [-0.1, -0.05) is 25.6 Å². The zero-order valence-electron chi connectivity index (χ0n) is 14.5. The summed E-state index contributed by atoms with van der Waals surface area (Å²) < 4.78 is 11.0. The highest BCUT2D eigenvalue weighted by Crippen LogP contribution is 2.18. The van der Waals surface area contributed by atoms with Crippen LogP contribution in [0.5, 0.6) is 11.5 Å². The smallest absolute Gasteiger partial charge is 0.243 e. The van der Waals surface area contributed by atoms with Crippen molar-refractivity contribution in [1.29, 1.82) is 0 Å². The molecule has 0 saturated heterocycles. The molecule has 0 atom stereocenters. The molecule has 0 aliphatic rings. The first-order chi connectivity index (χ1) is 12.2. The van der Waals surface area contributed by atoms with Gasteiger partial charge in [0.25, 0.3) is 0 Å². The minimum atomic E-state index is -0.125. The molecule has 0 spiro atoms. The van der Waals surface area contributed by atoms with Crippen LogP contribution in [0.15, 0.2) is 61.2 Å². The maximum absolute atomic E-state index is 12.1. The van der Waals surface area contributed by atoms with E-state index in [1.54, 1.807) is 30.3 Å². The van der Waals surface area contributed by atoms with Crippen LogP contribution in [0, 0.1) is 0 Å². The molecular formula is C20H24N2O3. The summed E-state index contributed by atoms with van der Waals surface area (Å²) in [6, 6.07) is 14.8. The van der Waals surface area contributed by atoms with Gasteiger partial charge in [0.15, 0.2) is 0 Å². The standard InChI is InChI=1S/C20H24N2O3/c1-3-12-24-18-10-8-16(9-11-18)22-20(23)15-21-17-6-5-7-19(14-17)25-13-4-2/h3,5-11,14,21H,1,4,12-13,15H2,2H3,(H,22,23). The molecule has 0 aromatic heterocycles. The molecule has 132 valence electrons. The molecular weight excluding hydrogens is 316 g/mol. The Balaban J connectivity index is 1.81. The maximum atomic E-state index is 12.1. The number of ether oxygens (including phenoxy) is 2. The van der Waals surface area contributed by atoms with Gasteiger partial charge in [0.2, 0.25) is 5.91 Å². The Hall–Kier alpha value is -2.95. The van der Waals surface area contributed by atoms with Gasteiger partial charge >= 0.3 is 0 Å². The third-order valence-electron chi connectivity index (χ3n) is 3.27. The Bertz CT molecular complexity index is 684. The molecule has 0 heterocycles. The van der Waals surface area contributed by atoms with Gasteiger partial charge in [0.1, 0.15) is 18.1 Å². The number of nitrogens with one attached hydrogen (secondary N) is 2. The van der Waals surface area contributed by atoms with Gasteiger partial charge < -0.3 is 20.1 Å². The van der Waals surface area contributed by atoms with Crippen LogP contribution >= 0.6 is 0 Å². The third kappa shape index (κ3) is 6.59. The Morgan fingerprint density at radius 2 is 1.88 bits per heavy atom. The number of rotatable bonds is 10. The number of carbonyl (C=O) groups is 1. The summed E-state index contributed by atoms with van der Waals surface area (Å²) in [6.45, 7) is 6.97. The van der Waals surface area contributed by atoms with Crippen molar-refractivity contribution in [3.8, 4) is 11.5 Å². The molecule has 0 saturated carbocycles. The first-order valence-electron chi connectivity index (χ1n) is 8.31. The molecule has 0 aliphatic carbocycles. The molecule has 0 aliphatic heterocycles. The van der Waals surface area contributed by atoms with E-state index in [-0.39, 0.29) is 12.5 Å². The van der Waals surface area contributed by atoms with Crippen molar-refractivity contribution in [3.05, 3.63) is 61.2 Å². The lowest BCUT2D eigenvalue weighted by Gasteiger charge is -2.10. The molecule has 0 fully saturated rings. The molecule has 2 aromatic carbocycles. The highest BCUT2D eigenvalue weighted by Gasteiger charge is 2.04. The molecule has 5 nitrogen and oxygen atoms in total. The van der Waals surface area contributed by atoms with Crippen LogP contribution in [-0.2, 0) is 4.79 Å². The van der Waals surface area contributed by atoms with Crippen molar-refractivity contribution in [2.75, 3.05) is 30.4 Å². The number of hydrogen-bond acceptors (Lipinski definition) is 4. The lowest BCUT2D eigenvalue weighted by Crippen LogP contribution is -2.21. The van der Waals surface area contributed by atoms with E-state index in [4.69, 9.17) is 9.47 Å². The van der Waals surface area contributed by atoms with Crippen LogP contribution in [0.25, 0.3) is 0 Å². The monoisotopic (exact) mass is 340 g/mol. The largest absolute Gasteiger partial charge is 0.494 e. The molecule has 0 unspecified atom stereocenters. The maximum Gasteiger partial charge on any atom is 0.243 e. The summed E-state index contributed by atoms with van der Waals surface area (Å²) >= 11 is 0. The van der Waals surface area contributed by atoms with Gasteiger partial charge in [-0.15, -0.1) is 0 Å². The van der Waals surface area contributed by atoms with E-state index < -0.39 is 0 Å². The number of anilines is 2. The summed E-state index contributed by atoms with van der Waals surface area (Å²) in [4.78, 5) is 12.1. The normalized spacial score (nSPS) is 9.96. The van der Waals surface area contributed by atoms with Crippen molar-refractivity contribution in [2.45, 2.75) is 13.3 Å². The summed E-state index contributed by atoms with van der Waals surface area (Å²) in [7, 11) is 0. The Morgan fingerprint density at radius 1 is 1.08 bits per heavy atom. The van der Waals surface area contributed by atoms with Gasteiger partial charge in [-0.25, -0.2) is 0 Å². The summed E-state index contributed by atoms with van der Waals surface area (Å²) in [5.41, 5.74) is 1.56.